The molecule has 0 saturated carbocycles. The fourth-order valence-corrected chi connectivity index (χ4v) is 2.59. The van der Waals surface area contributed by atoms with Gasteiger partial charge in [0.05, 0.1) is 11.1 Å². The van der Waals surface area contributed by atoms with Crippen molar-refractivity contribution in [1.29, 1.82) is 0 Å². The summed E-state index contributed by atoms with van der Waals surface area (Å²) < 4.78 is 1.92. The van der Waals surface area contributed by atoms with E-state index < -0.39 is 5.54 Å². The second-order valence-corrected chi connectivity index (χ2v) is 5.95. The van der Waals surface area contributed by atoms with Gasteiger partial charge in [0.2, 0.25) is 0 Å². The molecule has 0 fully saturated rings. The van der Waals surface area contributed by atoms with Gasteiger partial charge in [-0.2, -0.15) is 0 Å². The van der Waals surface area contributed by atoms with Crippen LogP contribution in [0.5, 0.6) is 0 Å². The first kappa shape index (κ1) is 14.3. The van der Waals surface area contributed by atoms with E-state index >= 15 is 0 Å². The molecule has 0 aliphatic heterocycles. The van der Waals surface area contributed by atoms with Gasteiger partial charge >= 0.3 is 0 Å². The van der Waals surface area contributed by atoms with Gasteiger partial charge < -0.3 is 9.72 Å². The summed E-state index contributed by atoms with van der Waals surface area (Å²) in [6, 6.07) is 13.7. The molecule has 2 heterocycles. The Labute approximate surface area is 129 Å². The summed E-state index contributed by atoms with van der Waals surface area (Å²) in [6.07, 6.45) is 3.60. The van der Waals surface area contributed by atoms with Crippen LogP contribution < -0.4 is 5.32 Å². The molecule has 1 amide bonds. The molecule has 0 aliphatic carbocycles. The SMILES string of the molecule is Cc1ccnc2c(C(=O)NC(C)(C)c3ccccc3)ccn12. The average molecular weight is 293 g/mol. The minimum Gasteiger partial charge on any atom is -0.343 e. The van der Waals surface area contributed by atoms with E-state index in [4.69, 9.17) is 0 Å². The van der Waals surface area contributed by atoms with E-state index in [1.54, 1.807) is 6.20 Å². The third-order valence-electron chi connectivity index (χ3n) is 3.92. The molecule has 3 rings (SSSR count). The fourth-order valence-electron chi connectivity index (χ4n) is 2.59. The number of rotatable bonds is 3. The van der Waals surface area contributed by atoms with E-state index in [0.29, 0.717) is 11.2 Å². The van der Waals surface area contributed by atoms with Crippen LogP contribution in [0.4, 0.5) is 0 Å². The number of amides is 1. The van der Waals surface area contributed by atoms with Gasteiger partial charge in [0, 0.05) is 18.1 Å². The predicted octanol–water partition coefficient (Wildman–Crippen LogP) is 3.31. The summed E-state index contributed by atoms with van der Waals surface area (Å²) in [7, 11) is 0. The van der Waals surface area contributed by atoms with E-state index in [9.17, 15) is 4.79 Å². The first-order valence-corrected chi connectivity index (χ1v) is 7.30. The monoisotopic (exact) mass is 293 g/mol. The Bertz CT molecular complexity index is 819. The minimum absolute atomic E-state index is 0.116. The predicted molar refractivity (Wildman–Crippen MR) is 86.9 cm³/mol. The Kier molecular flexibility index (Phi) is 3.45. The van der Waals surface area contributed by atoms with Gasteiger partial charge in [-0.25, -0.2) is 4.98 Å². The lowest BCUT2D eigenvalue weighted by molar-refractivity contribution is 0.0913. The topological polar surface area (TPSA) is 46.4 Å². The molecular formula is C18H19N3O. The molecule has 0 unspecified atom stereocenters. The maximum absolute atomic E-state index is 12.7. The van der Waals surface area contributed by atoms with Crippen LogP contribution in [0.3, 0.4) is 0 Å². The smallest absolute Gasteiger partial charge is 0.255 e. The van der Waals surface area contributed by atoms with Gasteiger partial charge in [-0.05, 0) is 38.5 Å². The number of aromatic nitrogens is 2. The molecule has 2 aromatic heterocycles. The number of fused-ring (bicyclic) bond motifs is 1. The summed E-state index contributed by atoms with van der Waals surface area (Å²) in [5, 5.41) is 3.09. The Morgan fingerprint density at radius 2 is 1.86 bits per heavy atom. The van der Waals surface area contributed by atoms with E-state index in [1.165, 1.54) is 0 Å². The largest absolute Gasteiger partial charge is 0.343 e. The molecular weight excluding hydrogens is 274 g/mol. The Morgan fingerprint density at radius 1 is 1.14 bits per heavy atom. The third kappa shape index (κ3) is 2.48. The van der Waals surface area contributed by atoms with Crippen molar-refractivity contribution in [3.63, 3.8) is 0 Å². The van der Waals surface area contributed by atoms with Crippen LogP contribution in [0.1, 0.15) is 35.5 Å². The van der Waals surface area contributed by atoms with Gasteiger partial charge in [0.1, 0.15) is 5.65 Å². The van der Waals surface area contributed by atoms with Gasteiger partial charge in [-0.3, -0.25) is 4.79 Å². The number of aryl methyl sites for hydroxylation is 1. The molecule has 0 spiro atoms. The maximum atomic E-state index is 12.7. The second-order valence-electron chi connectivity index (χ2n) is 5.95. The van der Waals surface area contributed by atoms with Crippen molar-refractivity contribution < 1.29 is 4.79 Å². The molecule has 0 radical (unpaired) electrons. The quantitative estimate of drug-likeness (QED) is 0.805. The van der Waals surface area contributed by atoms with Crippen molar-refractivity contribution in [2.45, 2.75) is 26.3 Å². The summed E-state index contributed by atoms with van der Waals surface area (Å²) in [5.41, 5.74) is 2.94. The molecule has 0 saturated heterocycles. The highest BCUT2D eigenvalue weighted by Gasteiger charge is 2.24. The zero-order valence-corrected chi connectivity index (χ0v) is 13.0. The molecule has 0 bridgehead atoms. The van der Waals surface area contributed by atoms with Crippen LogP contribution >= 0.6 is 0 Å². The van der Waals surface area contributed by atoms with Gasteiger partial charge in [-0.1, -0.05) is 30.3 Å². The lowest BCUT2D eigenvalue weighted by atomic mass is 9.94. The molecule has 112 valence electrons. The van der Waals surface area contributed by atoms with Crippen LogP contribution in [0.15, 0.2) is 54.9 Å². The standard InChI is InChI=1S/C18H19N3O/c1-13-9-11-19-16-15(10-12-21(13)16)17(22)20-18(2,3)14-7-5-4-6-8-14/h4-12H,1-3H3,(H,20,22). The van der Waals surface area contributed by atoms with Crippen LogP contribution in [0.2, 0.25) is 0 Å². The summed E-state index contributed by atoms with van der Waals surface area (Å²) >= 11 is 0. The second kappa shape index (κ2) is 5.30. The van der Waals surface area contributed by atoms with Gasteiger partial charge in [0.25, 0.3) is 5.91 Å². The van der Waals surface area contributed by atoms with Crippen LogP contribution in [-0.2, 0) is 5.54 Å². The fraction of sp³-hybridized carbons (Fsp3) is 0.222. The van der Waals surface area contributed by atoms with E-state index in [-0.39, 0.29) is 5.91 Å². The van der Waals surface area contributed by atoms with Crippen molar-refractivity contribution >= 4 is 11.6 Å². The van der Waals surface area contributed by atoms with Crippen molar-refractivity contribution in [1.82, 2.24) is 14.7 Å². The maximum Gasteiger partial charge on any atom is 0.255 e. The average Bonchev–Trinajstić information content (AvgIpc) is 2.93. The number of benzene rings is 1. The molecule has 4 nitrogen and oxygen atoms in total. The number of nitrogens with one attached hydrogen (secondary N) is 1. The van der Waals surface area contributed by atoms with Crippen molar-refractivity contribution in [2.24, 2.45) is 0 Å². The van der Waals surface area contributed by atoms with Crippen molar-refractivity contribution in [3.8, 4) is 0 Å². The third-order valence-corrected chi connectivity index (χ3v) is 3.92. The highest BCUT2D eigenvalue weighted by molar-refractivity contribution is 6.00. The number of hydrogen-bond donors (Lipinski definition) is 1. The van der Waals surface area contributed by atoms with Gasteiger partial charge in [0.15, 0.2) is 0 Å². The Morgan fingerprint density at radius 3 is 2.59 bits per heavy atom. The molecule has 1 N–H and O–H groups in total. The van der Waals surface area contributed by atoms with Crippen LogP contribution in [0, 0.1) is 6.92 Å². The van der Waals surface area contributed by atoms with Crippen molar-refractivity contribution in [3.05, 3.63) is 71.7 Å². The minimum atomic E-state index is -0.448. The van der Waals surface area contributed by atoms with Gasteiger partial charge in [-0.15, -0.1) is 0 Å². The Hall–Kier alpha value is -2.62. The van der Waals surface area contributed by atoms with E-state index in [1.807, 2.05) is 73.8 Å². The molecule has 3 aromatic rings. The lowest BCUT2D eigenvalue weighted by Gasteiger charge is -2.26. The van der Waals surface area contributed by atoms with Crippen LogP contribution in [-0.4, -0.2) is 15.3 Å². The van der Waals surface area contributed by atoms with Crippen LogP contribution in [0.25, 0.3) is 5.65 Å². The molecule has 1 aromatic carbocycles. The van der Waals surface area contributed by atoms with Crippen molar-refractivity contribution in [2.75, 3.05) is 0 Å². The zero-order chi connectivity index (χ0) is 15.7. The first-order chi connectivity index (χ1) is 10.5. The molecule has 0 aliphatic rings. The number of hydrogen-bond acceptors (Lipinski definition) is 2. The summed E-state index contributed by atoms with van der Waals surface area (Å²) in [6.45, 7) is 5.98. The van der Waals surface area contributed by atoms with E-state index in [2.05, 4.69) is 10.3 Å². The highest BCUT2D eigenvalue weighted by Crippen LogP contribution is 2.21. The van der Waals surface area contributed by atoms with E-state index in [0.717, 1.165) is 11.3 Å². The first-order valence-electron chi connectivity index (χ1n) is 7.30. The normalized spacial score (nSPS) is 11.6. The molecule has 4 heteroatoms. The number of nitrogens with zero attached hydrogens (tertiary/aromatic N) is 2. The molecule has 0 atom stereocenters. The highest BCUT2D eigenvalue weighted by atomic mass is 16.1. The Balaban J connectivity index is 1.92. The zero-order valence-electron chi connectivity index (χ0n) is 13.0. The summed E-state index contributed by atoms with van der Waals surface area (Å²) in [5.74, 6) is -0.116. The number of carbonyl (C=O) groups is 1. The number of carbonyl (C=O) groups excluding carboxylic acids is 1. The molecule has 22 heavy (non-hydrogen) atoms. The lowest BCUT2D eigenvalue weighted by Crippen LogP contribution is -2.40. The summed E-state index contributed by atoms with van der Waals surface area (Å²) in [4.78, 5) is 17.0.